The van der Waals surface area contributed by atoms with Crippen LogP contribution in [0.2, 0.25) is 0 Å². The Morgan fingerprint density at radius 1 is 0.850 bits per heavy atom. The van der Waals surface area contributed by atoms with Crippen molar-refractivity contribution in [2.45, 2.75) is 44.7 Å². The van der Waals surface area contributed by atoms with Crippen LogP contribution in [0.15, 0.2) is 0 Å². The molecule has 0 heterocycles. The van der Waals surface area contributed by atoms with Gasteiger partial charge in [0.2, 0.25) is 0 Å². The van der Waals surface area contributed by atoms with Crippen molar-refractivity contribution in [1.82, 2.24) is 0 Å². The summed E-state index contributed by atoms with van der Waals surface area (Å²) in [5.41, 5.74) is 0. The molecule has 0 aromatic rings. The topological polar surface area (TPSA) is 109 Å². The van der Waals surface area contributed by atoms with E-state index in [1.54, 1.807) is 6.92 Å². The van der Waals surface area contributed by atoms with Gasteiger partial charge in [-0.3, -0.25) is 0 Å². The molecule has 4 N–H and O–H groups in total. The highest BCUT2D eigenvalue weighted by molar-refractivity contribution is 4.59. The van der Waals surface area contributed by atoms with E-state index < -0.39 is 18.3 Å². The first-order chi connectivity index (χ1) is 9.49. The molecule has 0 aromatic heterocycles. The van der Waals surface area contributed by atoms with Crippen molar-refractivity contribution in [3.05, 3.63) is 0 Å². The summed E-state index contributed by atoms with van der Waals surface area (Å²) in [6.45, 7) is 3.93. The number of aliphatic hydroxyl groups excluding tert-OH is 4. The predicted molar refractivity (Wildman–Crippen MR) is 72.4 cm³/mol. The number of aliphatic hydroxyl groups is 4. The SMILES string of the molecule is CCC(COCC(O)CO)OCC(O)COCC(C)O. The molecule has 0 aliphatic carbocycles. The van der Waals surface area contributed by atoms with Crippen LogP contribution in [-0.2, 0) is 14.2 Å². The molecule has 4 unspecified atom stereocenters. The van der Waals surface area contributed by atoms with E-state index in [4.69, 9.17) is 29.5 Å². The Bertz CT molecular complexity index is 213. The van der Waals surface area contributed by atoms with Gasteiger partial charge in [0.15, 0.2) is 0 Å². The molecular weight excluding hydrogens is 268 g/mol. The van der Waals surface area contributed by atoms with E-state index in [1.807, 2.05) is 6.92 Å². The Morgan fingerprint density at radius 2 is 1.45 bits per heavy atom. The van der Waals surface area contributed by atoms with Crippen LogP contribution in [0.4, 0.5) is 0 Å². The van der Waals surface area contributed by atoms with Gasteiger partial charge in [-0.25, -0.2) is 0 Å². The fourth-order valence-corrected chi connectivity index (χ4v) is 1.34. The number of hydrogen-bond donors (Lipinski definition) is 4. The summed E-state index contributed by atoms with van der Waals surface area (Å²) in [5.74, 6) is 0. The van der Waals surface area contributed by atoms with Crippen LogP contribution in [0.1, 0.15) is 20.3 Å². The monoisotopic (exact) mass is 296 g/mol. The third-order valence-electron chi connectivity index (χ3n) is 2.47. The molecule has 0 rings (SSSR count). The second kappa shape index (κ2) is 12.5. The smallest absolute Gasteiger partial charge is 0.101 e. The zero-order chi connectivity index (χ0) is 15.4. The van der Waals surface area contributed by atoms with Gasteiger partial charge in [-0.05, 0) is 13.3 Å². The highest BCUT2D eigenvalue weighted by atomic mass is 16.5. The number of ether oxygens (including phenoxy) is 3. The Kier molecular flexibility index (Phi) is 12.3. The molecule has 0 fully saturated rings. The van der Waals surface area contributed by atoms with E-state index in [-0.39, 0.29) is 45.7 Å². The molecule has 0 aliphatic rings. The van der Waals surface area contributed by atoms with Crippen LogP contribution in [0.25, 0.3) is 0 Å². The van der Waals surface area contributed by atoms with Crippen LogP contribution in [-0.4, -0.2) is 84.5 Å². The Morgan fingerprint density at radius 3 is 2.00 bits per heavy atom. The maximum Gasteiger partial charge on any atom is 0.101 e. The van der Waals surface area contributed by atoms with Gasteiger partial charge in [0.05, 0.1) is 51.8 Å². The van der Waals surface area contributed by atoms with Crippen molar-refractivity contribution in [1.29, 1.82) is 0 Å². The van der Waals surface area contributed by atoms with Gasteiger partial charge in [0.25, 0.3) is 0 Å². The summed E-state index contributed by atoms with van der Waals surface area (Å²) >= 11 is 0. The molecule has 20 heavy (non-hydrogen) atoms. The van der Waals surface area contributed by atoms with Gasteiger partial charge >= 0.3 is 0 Å². The minimum atomic E-state index is -0.882. The quantitative estimate of drug-likeness (QED) is 0.342. The minimum Gasteiger partial charge on any atom is -0.394 e. The zero-order valence-corrected chi connectivity index (χ0v) is 12.3. The average molecular weight is 296 g/mol. The molecule has 7 nitrogen and oxygen atoms in total. The molecule has 0 saturated heterocycles. The first kappa shape index (κ1) is 19.7. The van der Waals surface area contributed by atoms with Gasteiger partial charge < -0.3 is 34.6 Å². The highest BCUT2D eigenvalue weighted by Crippen LogP contribution is 2.01. The number of hydrogen-bond acceptors (Lipinski definition) is 7. The lowest BCUT2D eigenvalue weighted by atomic mass is 10.3. The van der Waals surface area contributed by atoms with Crippen LogP contribution in [0.3, 0.4) is 0 Å². The van der Waals surface area contributed by atoms with E-state index in [1.165, 1.54) is 0 Å². The average Bonchev–Trinajstić information content (AvgIpc) is 2.41. The van der Waals surface area contributed by atoms with Crippen LogP contribution in [0, 0.1) is 0 Å². The molecular formula is C13H28O7. The zero-order valence-electron chi connectivity index (χ0n) is 12.3. The molecule has 7 heteroatoms. The second-order valence-corrected chi connectivity index (χ2v) is 4.78. The van der Waals surface area contributed by atoms with Crippen molar-refractivity contribution in [2.24, 2.45) is 0 Å². The van der Waals surface area contributed by atoms with Gasteiger partial charge in [-0.15, -0.1) is 0 Å². The highest BCUT2D eigenvalue weighted by Gasteiger charge is 2.12. The fourth-order valence-electron chi connectivity index (χ4n) is 1.34. The van der Waals surface area contributed by atoms with E-state index in [0.29, 0.717) is 6.42 Å². The Balaban J connectivity index is 3.66. The molecule has 4 atom stereocenters. The van der Waals surface area contributed by atoms with Crippen LogP contribution in [0.5, 0.6) is 0 Å². The maximum absolute atomic E-state index is 9.61. The summed E-state index contributed by atoms with van der Waals surface area (Å²) < 4.78 is 15.7. The van der Waals surface area contributed by atoms with E-state index in [9.17, 15) is 5.11 Å². The first-order valence-corrected chi connectivity index (χ1v) is 6.91. The van der Waals surface area contributed by atoms with Gasteiger partial charge in [0.1, 0.15) is 12.2 Å². The molecule has 0 aromatic carbocycles. The van der Waals surface area contributed by atoms with Gasteiger partial charge in [-0.2, -0.15) is 0 Å². The standard InChI is InChI=1S/C13H28O7/c1-3-13(9-19-6-11(16)4-14)20-8-12(17)7-18-5-10(2)15/h10-17H,3-9H2,1-2H3. The Labute approximate surface area is 120 Å². The summed E-state index contributed by atoms with van der Waals surface area (Å²) in [7, 11) is 0. The van der Waals surface area contributed by atoms with Crippen LogP contribution >= 0.6 is 0 Å². The Hall–Kier alpha value is -0.280. The summed E-state index contributed by atoms with van der Waals surface area (Å²) in [6, 6.07) is 0. The summed E-state index contributed by atoms with van der Waals surface area (Å²) in [4.78, 5) is 0. The lowest BCUT2D eigenvalue weighted by molar-refractivity contribution is -0.0837. The van der Waals surface area contributed by atoms with Crippen molar-refractivity contribution in [3.63, 3.8) is 0 Å². The molecule has 0 amide bonds. The van der Waals surface area contributed by atoms with Crippen molar-refractivity contribution < 1.29 is 34.6 Å². The minimum absolute atomic E-state index is 0.0520. The first-order valence-electron chi connectivity index (χ1n) is 6.91. The molecule has 0 aliphatic heterocycles. The fraction of sp³-hybridized carbons (Fsp3) is 1.00. The third-order valence-corrected chi connectivity index (χ3v) is 2.47. The lowest BCUT2D eigenvalue weighted by Gasteiger charge is -2.19. The van der Waals surface area contributed by atoms with Gasteiger partial charge in [-0.1, -0.05) is 6.92 Å². The second-order valence-electron chi connectivity index (χ2n) is 4.78. The molecule has 122 valence electrons. The van der Waals surface area contributed by atoms with Crippen molar-refractivity contribution in [2.75, 3.05) is 39.6 Å². The van der Waals surface area contributed by atoms with E-state index in [2.05, 4.69) is 0 Å². The van der Waals surface area contributed by atoms with Crippen molar-refractivity contribution in [3.8, 4) is 0 Å². The molecule has 0 spiro atoms. The third kappa shape index (κ3) is 11.5. The normalized spacial score (nSPS) is 17.7. The molecule has 0 radical (unpaired) electrons. The maximum atomic E-state index is 9.61. The molecule has 0 bridgehead atoms. The lowest BCUT2D eigenvalue weighted by Crippen LogP contribution is -2.30. The molecule has 0 saturated carbocycles. The number of rotatable bonds is 13. The predicted octanol–water partition coefficient (Wildman–Crippen LogP) is -1.09. The van der Waals surface area contributed by atoms with Crippen LogP contribution < -0.4 is 0 Å². The largest absolute Gasteiger partial charge is 0.394 e. The van der Waals surface area contributed by atoms with Crippen molar-refractivity contribution >= 4 is 0 Å². The summed E-state index contributed by atoms with van der Waals surface area (Å²) in [5, 5.41) is 36.3. The van der Waals surface area contributed by atoms with E-state index in [0.717, 1.165) is 0 Å². The van der Waals surface area contributed by atoms with E-state index >= 15 is 0 Å². The summed E-state index contributed by atoms with van der Waals surface area (Å²) in [6.07, 6.45) is -1.68. The van der Waals surface area contributed by atoms with Gasteiger partial charge in [0, 0.05) is 0 Å².